The highest BCUT2D eigenvalue weighted by Crippen LogP contribution is 2.29. The second kappa shape index (κ2) is 5.54. The summed E-state index contributed by atoms with van der Waals surface area (Å²) in [6.07, 6.45) is 0. The monoisotopic (exact) mass is 326 g/mol. The molecule has 1 heterocycles. The number of benzene rings is 1. The standard InChI is InChI=1S/C13H11BrO3S/c1-8-4-10(14)5-11(13(15)16)12(8)17-6-9-2-3-18-7-9/h2-5,7H,6H2,1H3,(H,15,16). The Balaban J connectivity index is 2.28. The first-order valence-corrected chi connectivity index (χ1v) is 6.99. The van der Waals surface area contributed by atoms with E-state index in [2.05, 4.69) is 15.9 Å². The molecule has 0 saturated carbocycles. The summed E-state index contributed by atoms with van der Waals surface area (Å²) in [5.41, 5.74) is 2.02. The SMILES string of the molecule is Cc1cc(Br)cc(C(=O)O)c1OCc1ccsc1. The van der Waals surface area contributed by atoms with E-state index in [1.165, 1.54) is 0 Å². The van der Waals surface area contributed by atoms with E-state index in [-0.39, 0.29) is 5.56 Å². The Morgan fingerprint density at radius 1 is 1.50 bits per heavy atom. The summed E-state index contributed by atoms with van der Waals surface area (Å²) in [6, 6.07) is 5.35. The lowest BCUT2D eigenvalue weighted by atomic mass is 10.1. The normalized spacial score (nSPS) is 10.3. The molecule has 1 aromatic heterocycles. The molecule has 1 aromatic carbocycles. The third-order valence-corrected chi connectivity index (χ3v) is 3.62. The van der Waals surface area contributed by atoms with Gasteiger partial charge in [0.05, 0.1) is 0 Å². The highest BCUT2D eigenvalue weighted by atomic mass is 79.9. The second-order valence-electron chi connectivity index (χ2n) is 3.82. The fraction of sp³-hybridized carbons (Fsp3) is 0.154. The number of thiophene rings is 1. The van der Waals surface area contributed by atoms with Crippen LogP contribution in [0.4, 0.5) is 0 Å². The Bertz CT molecular complexity index is 564. The van der Waals surface area contributed by atoms with Crippen LogP contribution in [0.3, 0.4) is 0 Å². The van der Waals surface area contributed by atoms with Gasteiger partial charge in [0.1, 0.15) is 17.9 Å². The number of ether oxygens (including phenoxy) is 1. The van der Waals surface area contributed by atoms with Crippen LogP contribution in [0.1, 0.15) is 21.5 Å². The van der Waals surface area contributed by atoms with Gasteiger partial charge < -0.3 is 9.84 Å². The van der Waals surface area contributed by atoms with Gasteiger partial charge in [-0.05, 0) is 47.0 Å². The fourth-order valence-electron chi connectivity index (χ4n) is 1.61. The number of carboxylic acids is 1. The zero-order chi connectivity index (χ0) is 13.1. The van der Waals surface area contributed by atoms with Crippen molar-refractivity contribution in [1.82, 2.24) is 0 Å². The molecule has 5 heteroatoms. The maximum atomic E-state index is 11.2. The first-order chi connectivity index (χ1) is 8.58. The Hall–Kier alpha value is -1.33. The van der Waals surface area contributed by atoms with Gasteiger partial charge in [0.2, 0.25) is 0 Å². The predicted molar refractivity (Wildman–Crippen MR) is 74.5 cm³/mol. The van der Waals surface area contributed by atoms with Crippen molar-refractivity contribution in [3.05, 3.63) is 50.1 Å². The van der Waals surface area contributed by atoms with Gasteiger partial charge in [-0.1, -0.05) is 15.9 Å². The average molecular weight is 327 g/mol. The molecule has 2 rings (SSSR count). The van der Waals surface area contributed by atoms with Gasteiger partial charge in [-0.3, -0.25) is 0 Å². The van der Waals surface area contributed by atoms with Crippen LogP contribution >= 0.6 is 27.3 Å². The Morgan fingerprint density at radius 2 is 2.28 bits per heavy atom. The van der Waals surface area contributed by atoms with Crippen molar-refractivity contribution in [1.29, 1.82) is 0 Å². The van der Waals surface area contributed by atoms with Crippen LogP contribution in [-0.4, -0.2) is 11.1 Å². The number of hydrogen-bond acceptors (Lipinski definition) is 3. The molecule has 18 heavy (non-hydrogen) atoms. The summed E-state index contributed by atoms with van der Waals surface area (Å²) >= 11 is 4.88. The van der Waals surface area contributed by atoms with Crippen LogP contribution in [-0.2, 0) is 6.61 Å². The Morgan fingerprint density at radius 3 is 2.89 bits per heavy atom. The summed E-state index contributed by atoms with van der Waals surface area (Å²) < 4.78 is 6.37. The fourth-order valence-corrected chi connectivity index (χ4v) is 2.84. The van der Waals surface area contributed by atoms with Crippen molar-refractivity contribution in [2.75, 3.05) is 0 Å². The molecule has 0 amide bonds. The minimum absolute atomic E-state index is 0.178. The maximum Gasteiger partial charge on any atom is 0.339 e. The van der Waals surface area contributed by atoms with Crippen LogP contribution in [0, 0.1) is 6.92 Å². The van der Waals surface area contributed by atoms with Crippen LogP contribution in [0.2, 0.25) is 0 Å². The maximum absolute atomic E-state index is 11.2. The van der Waals surface area contributed by atoms with Gasteiger partial charge in [-0.15, -0.1) is 0 Å². The topological polar surface area (TPSA) is 46.5 Å². The van der Waals surface area contributed by atoms with Crippen molar-refractivity contribution in [3.8, 4) is 5.75 Å². The van der Waals surface area contributed by atoms with E-state index in [4.69, 9.17) is 4.74 Å². The zero-order valence-electron chi connectivity index (χ0n) is 9.64. The van der Waals surface area contributed by atoms with Gasteiger partial charge in [0.15, 0.2) is 0 Å². The lowest BCUT2D eigenvalue weighted by molar-refractivity contribution is 0.0691. The third-order valence-electron chi connectivity index (χ3n) is 2.43. The van der Waals surface area contributed by atoms with Crippen molar-refractivity contribution in [2.24, 2.45) is 0 Å². The molecule has 0 spiro atoms. The Kier molecular flexibility index (Phi) is 4.04. The molecule has 0 fully saturated rings. The van der Waals surface area contributed by atoms with E-state index < -0.39 is 5.97 Å². The lowest BCUT2D eigenvalue weighted by Crippen LogP contribution is -2.05. The summed E-state index contributed by atoms with van der Waals surface area (Å²) in [5, 5.41) is 13.1. The van der Waals surface area contributed by atoms with Crippen LogP contribution in [0.15, 0.2) is 33.4 Å². The summed E-state index contributed by atoms with van der Waals surface area (Å²) in [5.74, 6) is -0.559. The molecule has 2 aromatic rings. The number of carboxylic acid groups (broad SMARTS) is 1. The molecule has 1 N–H and O–H groups in total. The Labute approximate surface area is 117 Å². The van der Waals surface area contributed by atoms with Gasteiger partial charge >= 0.3 is 5.97 Å². The van der Waals surface area contributed by atoms with E-state index in [1.807, 2.05) is 29.8 Å². The van der Waals surface area contributed by atoms with Crippen LogP contribution in [0.25, 0.3) is 0 Å². The third kappa shape index (κ3) is 2.91. The molecule has 0 aliphatic carbocycles. The largest absolute Gasteiger partial charge is 0.488 e. The zero-order valence-corrected chi connectivity index (χ0v) is 12.0. The summed E-state index contributed by atoms with van der Waals surface area (Å²) in [7, 11) is 0. The number of aromatic carboxylic acids is 1. The molecule has 0 aliphatic heterocycles. The van der Waals surface area contributed by atoms with Crippen LogP contribution in [0.5, 0.6) is 5.75 Å². The highest BCUT2D eigenvalue weighted by Gasteiger charge is 2.15. The first-order valence-electron chi connectivity index (χ1n) is 5.25. The number of hydrogen-bond donors (Lipinski definition) is 1. The molecular weight excluding hydrogens is 316 g/mol. The smallest absolute Gasteiger partial charge is 0.339 e. The van der Waals surface area contributed by atoms with E-state index in [0.29, 0.717) is 12.4 Å². The molecule has 0 saturated heterocycles. The molecular formula is C13H11BrO3S. The molecule has 0 bridgehead atoms. The molecule has 94 valence electrons. The van der Waals surface area contributed by atoms with Gasteiger partial charge in [-0.2, -0.15) is 11.3 Å². The number of aryl methyl sites for hydroxylation is 1. The lowest BCUT2D eigenvalue weighted by Gasteiger charge is -2.12. The minimum Gasteiger partial charge on any atom is -0.488 e. The van der Waals surface area contributed by atoms with Gasteiger partial charge in [-0.25, -0.2) is 4.79 Å². The highest BCUT2D eigenvalue weighted by molar-refractivity contribution is 9.10. The van der Waals surface area contributed by atoms with Gasteiger partial charge in [0.25, 0.3) is 0 Å². The second-order valence-corrected chi connectivity index (χ2v) is 5.52. The minimum atomic E-state index is -0.986. The van der Waals surface area contributed by atoms with Crippen molar-refractivity contribution < 1.29 is 14.6 Å². The van der Waals surface area contributed by atoms with E-state index in [1.54, 1.807) is 17.4 Å². The van der Waals surface area contributed by atoms with E-state index >= 15 is 0 Å². The van der Waals surface area contributed by atoms with Crippen molar-refractivity contribution in [2.45, 2.75) is 13.5 Å². The van der Waals surface area contributed by atoms with E-state index in [9.17, 15) is 9.90 Å². The molecule has 0 aliphatic rings. The summed E-state index contributed by atoms with van der Waals surface area (Å²) in [6.45, 7) is 2.21. The molecule has 0 atom stereocenters. The molecule has 0 radical (unpaired) electrons. The average Bonchev–Trinajstić information content (AvgIpc) is 2.79. The predicted octanol–water partition coefficient (Wildman–Crippen LogP) is 4.10. The quantitative estimate of drug-likeness (QED) is 0.920. The van der Waals surface area contributed by atoms with Crippen molar-refractivity contribution in [3.63, 3.8) is 0 Å². The van der Waals surface area contributed by atoms with E-state index in [0.717, 1.165) is 15.6 Å². The van der Waals surface area contributed by atoms with Gasteiger partial charge in [0, 0.05) is 4.47 Å². The molecule has 0 unspecified atom stereocenters. The first kappa shape index (κ1) is 13.1. The number of carbonyl (C=O) groups is 1. The molecule has 3 nitrogen and oxygen atoms in total. The number of halogens is 1. The summed E-state index contributed by atoms with van der Waals surface area (Å²) in [4.78, 5) is 11.2. The van der Waals surface area contributed by atoms with Crippen LogP contribution < -0.4 is 4.74 Å². The van der Waals surface area contributed by atoms with Crippen molar-refractivity contribution >= 4 is 33.2 Å². The number of rotatable bonds is 4.